The average Bonchev–Trinajstić information content (AvgIpc) is 2.97. The van der Waals surface area contributed by atoms with Crippen molar-refractivity contribution in [1.82, 2.24) is 10.2 Å². The molecule has 1 N–H and O–H groups in total. The lowest BCUT2D eigenvalue weighted by Crippen LogP contribution is -2.37. The van der Waals surface area contributed by atoms with Gasteiger partial charge in [0.1, 0.15) is 5.75 Å². The van der Waals surface area contributed by atoms with Crippen molar-refractivity contribution in [3.63, 3.8) is 0 Å². The van der Waals surface area contributed by atoms with E-state index in [0.29, 0.717) is 13.1 Å². The molecule has 1 aliphatic rings. The molecule has 0 aliphatic carbocycles. The average molecular weight is 272 g/mol. The van der Waals surface area contributed by atoms with E-state index < -0.39 is 0 Å². The van der Waals surface area contributed by atoms with Gasteiger partial charge in [-0.05, 0) is 30.5 Å². The Hall–Kier alpha value is -1.99. The Morgan fingerprint density at radius 2 is 2.45 bits per heavy atom. The van der Waals surface area contributed by atoms with E-state index in [1.807, 2.05) is 29.2 Å². The van der Waals surface area contributed by atoms with Crippen LogP contribution < -0.4 is 10.1 Å². The first-order chi connectivity index (χ1) is 9.76. The minimum atomic E-state index is 0.102. The highest BCUT2D eigenvalue weighted by Crippen LogP contribution is 2.33. The summed E-state index contributed by atoms with van der Waals surface area (Å²) >= 11 is 0. The lowest BCUT2D eigenvalue weighted by atomic mass is 10.0. The van der Waals surface area contributed by atoms with Gasteiger partial charge >= 0.3 is 0 Å². The lowest BCUT2D eigenvalue weighted by Gasteiger charge is -2.25. The van der Waals surface area contributed by atoms with Gasteiger partial charge in [-0.3, -0.25) is 10.1 Å². The molecule has 1 unspecified atom stereocenters. The van der Waals surface area contributed by atoms with Crippen LogP contribution in [0.4, 0.5) is 0 Å². The molecule has 1 saturated heterocycles. The van der Waals surface area contributed by atoms with E-state index >= 15 is 0 Å². The topological polar surface area (TPSA) is 41.6 Å². The summed E-state index contributed by atoms with van der Waals surface area (Å²) in [6.45, 7) is 1.52. The number of benzene rings is 1. The third-order valence-corrected chi connectivity index (χ3v) is 3.56. The van der Waals surface area contributed by atoms with E-state index in [1.165, 1.54) is 0 Å². The zero-order valence-electron chi connectivity index (χ0n) is 11.8. The van der Waals surface area contributed by atoms with E-state index in [-0.39, 0.29) is 11.9 Å². The Kier molecular flexibility index (Phi) is 5.03. The van der Waals surface area contributed by atoms with E-state index in [2.05, 4.69) is 11.2 Å². The number of carbonyl (C=O) groups excluding carboxylic acids is 1. The molecule has 106 valence electrons. The summed E-state index contributed by atoms with van der Waals surface area (Å²) in [5.74, 6) is 3.40. The van der Waals surface area contributed by atoms with Crippen LogP contribution in [0.1, 0.15) is 24.4 Å². The van der Waals surface area contributed by atoms with Gasteiger partial charge in [-0.25, -0.2) is 0 Å². The summed E-state index contributed by atoms with van der Waals surface area (Å²) < 4.78 is 5.25. The standard InChI is InChI=1S/C16H20N2O2/c1-3-9-17-12-16(19)18-10-5-8-15(18)13-6-4-7-14(11-13)20-2/h1,4,6-7,11,15,17H,5,8-10,12H2,2H3. The zero-order chi connectivity index (χ0) is 14.4. The van der Waals surface area contributed by atoms with Gasteiger partial charge in [-0.15, -0.1) is 6.42 Å². The summed E-state index contributed by atoms with van der Waals surface area (Å²) in [6, 6.07) is 8.08. The van der Waals surface area contributed by atoms with E-state index in [0.717, 1.165) is 30.7 Å². The zero-order valence-corrected chi connectivity index (χ0v) is 11.8. The van der Waals surface area contributed by atoms with Crippen LogP contribution >= 0.6 is 0 Å². The first kappa shape index (κ1) is 14.4. The Morgan fingerprint density at radius 3 is 3.20 bits per heavy atom. The predicted octanol–water partition coefficient (Wildman–Crippen LogP) is 1.58. The van der Waals surface area contributed by atoms with Crippen LogP contribution in [0, 0.1) is 12.3 Å². The van der Waals surface area contributed by atoms with Crippen molar-refractivity contribution in [2.24, 2.45) is 0 Å². The molecule has 1 aromatic carbocycles. The Balaban J connectivity index is 2.06. The van der Waals surface area contributed by atoms with Gasteiger partial charge in [0.05, 0.1) is 26.2 Å². The fraction of sp³-hybridized carbons (Fsp3) is 0.438. The van der Waals surface area contributed by atoms with Gasteiger partial charge in [0.15, 0.2) is 0 Å². The molecule has 1 amide bonds. The molecule has 20 heavy (non-hydrogen) atoms. The highest BCUT2D eigenvalue weighted by Gasteiger charge is 2.29. The van der Waals surface area contributed by atoms with Crippen molar-refractivity contribution in [1.29, 1.82) is 0 Å². The number of terminal acetylenes is 1. The molecular weight excluding hydrogens is 252 g/mol. The van der Waals surface area contributed by atoms with Gasteiger partial charge in [-0.1, -0.05) is 18.1 Å². The minimum absolute atomic E-state index is 0.102. The number of likely N-dealkylation sites (tertiary alicyclic amines) is 1. The second-order valence-corrected chi connectivity index (χ2v) is 4.83. The molecule has 1 fully saturated rings. The maximum atomic E-state index is 12.2. The lowest BCUT2D eigenvalue weighted by molar-refractivity contribution is -0.131. The summed E-state index contributed by atoms with van der Waals surface area (Å²) in [4.78, 5) is 14.2. The van der Waals surface area contributed by atoms with Gasteiger partial charge in [-0.2, -0.15) is 0 Å². The Morgan fingerprint density at radius 1 is 1.60 bits per heavy atom. The molecule has 1 heterocycles. The third-order valence-electron chi connectivity index (χ3n) is 3.56. The molecule has 4 heteroatoms. The Labute approximate surface area is 120 Å². The number of rotatable bonds is 5. The molecule has 4 nitrogen and oxygen atoms in total. The molecule has 0 spiro atoms. The molecule has 0 saturated carbocycles. The van der Waals surface area contributed by atoms with Gasteiger partial charge < -0.3 is 9.64 Å². The number of ether oxygens (including phenoxy) is 1. The van der Waals surface area contributed by atoms with Crippen LogP contribution in [-0.2, 0) is 4.79 Å². The van der Waals surface area contributed by atoms with Crippen LogP contribution in [0.5, 0.6) is 5.75 Å². The molecule has 1 atom stereocenters. The first-order valence-electron chi connectivity index (χ1n) is 6.84. The second-order valence-electron chi connectivity index (χ2n) is 4.83. The summed E-state index contributed by atoms with van der Waals surface area (Å²) in [6.07, 6.45) is 7.19. The monoisotopic (exact) mass is 272 g/mol. The van der Waals surface area contributed by atoms with Crippen molar-refractivity contribution in [2.75, 3.05) is 26.7 Å². The van der Waals surface area contributed by atoms with Crippen molar-refractivity contribution in [3.05, 3.63) is 29.8 Å². The maximum Gasteiger partial charge on any atom is 0.237 e. The number of amides is 1. The van der Waals surface area contributed by atoms with Crippen molar-refractivity contribution in [2.45, 2.75) is 18.9 Å². The fourth-order valence-electron chi connectivity index (χ4n) is 2.60. The Bertz CT molecular complexity index is 507. The van der Waals surface area contributed by atoms with Gasteiger partial charge in [0.2, 0.25) is 5.91 Å². The maximum absolute atomic E-state index is 12.2. The van der Waals surface area contributed by atoms with Crippen molar-refractivity contribution >= 4 is 5.91 Å². The van der Waals surface area contributed by atoms with Crippen LogP contribution in [0.3, 0.4) is 0 Å². The van der Waals surface area contributed by atoms with E-state index in [4.69, 9.17) is 11.2 Å². The van der Waals surface area contributed by atoms with Crippen molar-refractivity contribution < 1.29 is 9.53 Å². The van der Waals surface area contributed by atoms with Crippen LogP contribution in [0.25, 0.3) is 0 Å². The minimum Gasteiger partial charge on any atom is -0.497 e. The highest BCUT2D eigenvalue weighted by molar-refractivity contribution is 5.79. The number of carbonyl (C=O) groups is 1. The highest BCUT2D eigenvalue weighted by atomic mass is 16.5. The smallest absolute Gasteiger partial charge is 0.237 e. The normalized spacial score (nSPS) is 17.8. The molecule has 1 aromatic rings. The summed E-state index contributed by atoms with van der Waals surface area (Å²) in [7, 11) is 1.65. The van der Waals surface area contributed by atoms with Crippen LogP contribution in [0.15, 0.2) is 24.3 Å². The van der Waals surface area contributed by atoms with E-state index in [9.17, 15) is 4.79 Å². The number of methoxy groups -OCH3 is 1. The molecule has 0 aromatic heterocycles. The van der Waals surface area contributed by atoms with Gasteiger partial charge in [0, 0.05) is 6.54 Å². The third kappa shape index (κ3) is 3.31. The second kappa shape index (κ2) is 6.97. The number of hydrogen-bond acceptors (Lipinski definition) is 3. The molecular formula is C16H20N2O2. The molecule has 0 bridgehead atoms. The molecule has 1 aliphatic heterocycles. The number of nitrogens with zero attached hydrogens (tertiary/aromatic N) is 1. The quantitative estimate of drug-likeness (QED) is 0.653. The van der Waals surface area contributed by atoms with Crippen LogP contribution in [0.2, 0.25) is 0 Å². The predicted molar refractivity (Wildman–Crippen MR) is 78.4 cm³/mol. The number of nitrogens with one attached hydrogen (secondary N) is 1. The largest absolute Gasteiger partial charge is 0.497 e. The van der Waals surface area contributed by atoms with E-state index in [1.54, 1.807) is 7.11 Å². The first-order valence-corrected chi connectivity index (χ1v) is 6.84. The van der Waals surface area contributed by atoms with Crippen molar-refractivity contribution in [3.8, 4) is 18.1 Å². The molecule has 2 rings (SSSR count). The summed E-state index contributed by atoms with van der Waals surface area (Å²) in [5.41, 5.74) is 1.13. The van der Waals surface area contributed by atoms with Crippen LogP contribution in [-0.4, -0.2) is 37.6 Å². The SMILES string of the molecule is C#CCNCC(=O)N1CCCC1c1cccc(OC)c1. The fourth-order valence-corrected chi connectivity index (χ4v) is 2.60. The van der Waals surface area contributed by atoms with Gasteiger partial charge in [0.25, 0.3) is 0 Å². The summed E-state index contributed by atoms with van der Waals surface area (Å²) in [5, 5.41) is 2.95. The molecule has 0 radical (unpaired) electrons. The number of hydrogen-bond donors (Lipinski definition) is 1.